The Morgan fingerprint density at radius 2 is 1.64 bits per heavy atom. The summed E-state index contributed by atoms with van der Waals surface area (Å²) in [5.74, 6) is 0. The summed E-state index contributed by atoms with van der Waals surface area (Å²) >= 11 is 1.88. The van der Waals surface area contributed by atoms with Crippen molar-refractivity contribution in [3.8, 4) is 0 Å². The summed E-state index contributed by atoms with van der Waals surface area (Å²) in [7, 11) is 0. The molecule has 1 unspecified atom stereocenters. The van der Waals surface area contributed by atoms with Gasteiger partial charge in [-0.25, -0.2) is 0 Å². The number of benzene rings is 1. The molecule has 1 atom stereocenters. The first-order chi connectivity index (χ1) is 13.8. The summed E-state index contributed by atoms with van der Waals surface area (Å²) in [6.45, 7) is 11.0. The van der Waals surface area contributed by atoms with Gasteiger partial charge in [0.2, 0.25) is 0 Å². The maximum atomic E-state index is 6.23. The van der Waals surface area contributed by atoms with Gasteiger partial charge in [-0.3, -0.25) is 14.7 Å². The van der Waals surface area contributed by atoms with Crippen LogP contribution in [0.15, 0.2) is 47.8 Å². The average Bonchev–Trinajstić information content (AvgIpc) is 2.99. The van der Waals surface area contributed by atoms with Crippen LogP contribution in [0.25, 0.3) is 0 Å². The highest BCUT2D eigenvalue weighted by Gasteiger charge is 2.23. The van der Waals surface area contributed by atoms with Crippen molar-refractivity contribution in [2.24, 2.45) is 0 Å². The molecule has 0 aliphatic carbocycles. The standard InChI is InChI=1S/C23H33N3OS/c1-2-7-21(8-3-1)17-26-12-6-15-27-22(19-26)18-24-10-5-11-25(14-13-24)20-23-9-4-16-28-23/h1-4,7-9,16,22H,5-6,10-15,17-20H2. The quantitative estimate of drug-likeness (QED) is 0.739. The summed E-state index contributed by atoms with van der Waals surface area (Å²) < 4.78 is 6.23. The van der Waals surface area contributed by atoms with Gasteiger partial charge in [-0.1, -0.05) is 36.4 Å². The van der Waals surface area contributed by atoms with Crippen LogP contribution < -0.4 is 0 Å². The van der Waals surface area contributed by atoms with Gasteiger partial charge in [-0.15, -0.1) is 11.3 Å². The lowest BCUT2D eigenvalue weighted by Gasteiger charge is -2.28. The number of nitrogens with zero attached hydrogens (tertiary/aromatic N) is 3. The van der Waals surface area contributed by atoms with Crippen LogP contribution in [0.5, 0.6) is 0 Å². The SMILES string of the molecule is c1ccc(CN2CCCOC(CN3CCCN(Cc4cccs4)CC3)C2)cc1. The lowest BCUT2D eigenvalue weighted by molar-refractivity contribution is 0.0265. The molecule has 1 aromatic carbocycles. The molecule has 4 nitrogen and oxygen atoms in total. The predicted octanol–water partition coefficient (Wildman–Crippen LogP) is 3.55. The van der Waals surface area contributed by atoms with Crippen molar-refractivity contribution < 1.29 is 4.74 Å². The van der Waals surface area contributed by atoms with Crippen LogP contribution in [-0.4, -0.2) is 73.2 Å². The van der Waals surface area contributed by atoms with Gasteiger partial charge in [-0.05, 0) is 42.9 Å². The summed E-state index contributed by atoms with van der Waals surface area (Å²) in [6, 6.07) is 15.3. The second-order valence-corrected chi connectivity index (χ2v) is 9.11. The Bertz CT molecular complexity index is 678. The Morgan fingerprint density at radius 1 is 0.821 bits per heavy atom. The zero-order valence-electron chi connectivity index (χ0n) is 16.8. The van der Waals surface area contributed by atoms with Gasteiger partial charge in [0.25, 0.3) is 0 Å². The van der Waals surface area contributed by atoms with E-state index in [0.29, 0.717) is 6.10 Å². The highest BCUT2D eigenvalue weighted by Crippen LogP contribution is 2.16. The number of thiophene rings is 1. The molecule has 0 amide bonds. The van der Waals surface area contributed by atoms with E-state index in [4.69, 9.17) is 4.74 Å². The summed E-state index contributed by atoms with van der Waals surface area (Å²) in [6.07, 6.45) is 2.72. The number of rotatable bonds is 6. The Morgan fingerprint density at radius 3 is 2.50 bits per heavy atom. The first kappa shape index (κ1) is 20.0. The zero-order chi connectivity index (χ0) is 19.0. The molecule has 0 N–H and O–H groups in total. The van der Waals surface area contributed by atoms with Gasteiger partial charge < -0.3 is 4.74 Å². The third-order valence-electron chi connectivity index (χ3n) is 5.79. The van der Waals surface area contributed by atoms with Crippen LogP contribution >= 0.6 is 11.3 Å². The molecule has 28 heavy (non-hydrogen) atoms. The minimum absolute atomic E-state index is 0.329. The molecule has 2 aromatic rings. The van der Waals surface area contributed by atoms with E-state index >= 15 is 0 Å². The molecule has 2 aliphatic heterocycles. The zero-order valence-corrected chi connectivity index (χ0v) is 17.7. The normalized spacial score (nSPS) is 23.4. The van der Waals surface area contributed by atoms with E-state index in [9.17, 15) is 0 Å². The van der Waals surface area contributed by atoms with Crippen molar-refractivity contribution in [3.05, 3.63) is 58.3 Å². The molecule has 2 fully saturated rings. The lowest BCUT2D eigenvalue weighted by atomic mass is 10.2. The second-order valence-electron chi connectivity index (χ2n) is 8.08. The van der Waals surface area contributed by atoms with Gasteiger partial charge in [0.1, 0.15) is 0 Å². The Hall–Kier alpha value is -1.24. The monoisotopic (exact) mass is 399 g/mol. The van der Waals surface area contributed by atoms with Crippen LogP contribution in [0.1, 0.15) is 23.3 Å². The summed E-state index contributed by atoms with van der Waals surface area (Å²) in [4.78, 5) is 9.30. The van der Waals surface area contributed by atoms with E-state index < -0.39 is 0 Å². The fourth-order valence-corrected chi connectivity index (χ4v) is 5.09. The molecule has 5 heteroatoms. The van der Waals surface area contributed by atoms with Gasteiger partial charge >= 0.3 is 0 Å². The minimum Gasteiger partial charge on any atom is -0.376 e. The molecule has 152 valence electrons. The molecule has 4 rings (SSSR count). The van der Waals surface area contributed by atoms with Crippen LogP contribution in [0, 0.1) is 0 Å². The Balaban J connectivity index is 1.26. The van der Waals surface area contributed by atoms with Crippen molar-refractivity contribution in [3.63, 3.8) is 0 Å². The topological polar surface area (TPSA) is 19.0 Å². The van der Waals surface area contributed by atoms with Crippen molar-refractivity contribution in [2.45, 2.75) is 32.0 Å². The average molecular weight is 400 g/mol. The molecular weight excluding hydrogens is 366 g/mol. The molecule has 1 aromatic heterocycles. The lowest BCUT2D eigenvalue weighted by Crippen LogP contribution is -2.41. The maximum Gasteiger partial charge on any atom is 0.0828 e. The van der Waals surface area contributed by atoms with Crippen molar-refractivity contribution >= 4 is 11.3 Å². The highest BCUT2D eigenvalue weighted by molar-refractivity contribution is 7.09. The molecule has 0 radical (unpaired) electrons. The Labute approximate surface area is 173 Å². The third-order valence-corrected chi connectivity index (χ3v) is 6.65. The first-order valence-corrected chi connectivity index (χ1v) is 11.6. The Kier molecular flexibility index (Phi) is 7.53. The largest absolute Gasteiger partial charge is 0.376 e. The fraction of sp³-hybridized carbons (Fsp3) is 0.565. The summed E-state index contributed by atoms with van der Waals surface area (Å²) in [5, 5.41) is 2.18. The highest BCUT2D eigenvalue weighted by atomic mass is 32.1. The second kappa shape index (κ2) is 10.5. The van der Waals surface area contributed by atoms with Gasteiger partial charge in [0, 0.05) is 57.3 Å². The van der Waals surface area contributed by atoms with Crippen molar-refractivity contribution in [1.29, 1.82) is 0 Å². The molecule has 0 saturated carbocycles. The van der Waals surface area contributed by atoms with E-state index in [0.717, 1.165) is 52.3 Å². The molecule has 2 saturated heterocycles. The maximum absolute atomic E-state index is 6.23. The predicted molar refractivity (Wildman–Crippen MR) is 117 cm³/mol. The molecule has 3 heterocycles. The van der Waals surface area contributed by atoms with Crippen LogP contribution in [0.4, 0.5) is 0 Å². The molecule has 0 bridgehead atoms. The van der Waals surface area contributed by atoms with E-state index in [1.54, 1.807) is 0 Å². The van der Waals surface area contributed by atoms with Crippen LogP contribution in [0.2, 0.25) is 0 Å². The number of ether oxygens (including phenoxy) is 1. The van der Waals surface area contributed by atoms with Crippen molar-refractivity contribution in [2.75, 3.05) is 52.4 Å². The minimum atomic E-state index is 0.329. The molecular formula is C23H33N3OS. The van der Waals surface area contributed by atoms with Gasteiger partial charge in [0.05, 0.1) is 6.10 Å². The third kappa shape index (κ3) is 6.13. The first-order valence-electron chi connectivity index (χ1n) is 10.7. The molecule has 0 spiro atoms. The van der Waals surface area contributed by atoms with Crippen LogP contribution in [-0.2, 0) is 17.8 Å². The van der Waals surface area contributed by atoms with E-state index in [1.807, 2.05) is 11.3 Å². The van der Waals surface area contributed by atoms with Crippen LogP contribution in [0.3, 0.4) is 0 Å². The smallest absolute Gasteiger partial charge is 0.0828 e. The summed E-state index contributed by atoms with van der Waals surface area (Å²) in [5.41, 5.74) is 1.40. The fourth-order valence-electron chi connectivity index (χ4n) is 4.34. The van der Waals surface area contributed by atoms with E-state index in [2.05, 4.69) is 62.5 Å². The molecule has 2 aliphatic rings. The van der Waals surface area contributed by atoms with Crippen molar-refractivity contribution in [1.82, 2.24) is 14.7 Å². The van der Waals surface area contributed by atoms with E-state index in [-0.39, 0.29) is 0 Å². The van der Waals surface area contributed by atoms with Gasteiger partial charge in [0.15, 0.2) is 0 Å². The van der Waals surface area contributed by atoms with E-state index in [1.165, 1.54) is 36.5 Å². The number of hydrogen-bond donors (Lipinski definition) is 0. The van der Waals surface area contributed by atoms with Gasteiger partial charge in [-0.2, -0.15) is 0 Å². The number of hydrogen-bond acceptors (Lipinski definition) is 5.